The molecule has 0 radical (unpaired) electrons. The van der Waals surface area contributed by atoms with Gasteiger partial charge < -0.3 is 15.2 Å². The van der Waals surface area contributed by atoms with Crippen LogP contribution in [0.2, 0.25) is 0 Å². The number of carbonyl (C=O) groups excluding carboxylic acids is 3. The van der Waals surface area contributed by atoms with Gasteiger partial charge in [-0.1, -0.05) is 31.0 Å². The highest BCUT2D eigenvalue weighted by atomic mass is 32.2. The van der Waals surface area contributed by atoms with Gasteiger partial charge in [-0.15, -0.1) is 0 Å². The summed E-state index contributed by atoms with van der Waals surface area (Å²) >= 11 is 0. The second kappa shape index (κ2) is 8.48. The third kappa shape index (κ3) is 4.23. The number of carbonyl (C=O) groups is 3. The van der Waals surface area contributed by atoms with E-state index in [9.17, 15) is 22.8 Å². The maximum Gasteiger partial charge on any atom is 0.325 e. The topological polar surface area (TPSA) is 120 Å². The number of aromatic amines is 1. The molecule has 5 rings (SSSR count). The molecule has 2 N–H and O–H groups in total. The highest BCUT2D eigenvalue weighted by Crippen LogP contribution is 2.30. The molecule has 2 aliphatic heterocycles. The lowest BCUT2D eigenvalue weighted by atomic mass is 10.0. The third-order valence-electron chi connectivity index (χ3n) is 7.11. The molecule has 9 nitrogen and oxygen atoms in total. The quantitative estimate of drug-likeness (QED) is 0.619. The molecule has 33 heavy (non-hydrogen) atoms. The molecule has 1 aromatic carbocycles. The second-order valence-electron chi connectivity index (χ2n) is 9.29. The number of benzene rings is 1. The van der Waals surface area contributed by atoms with Crippen LogP contribution in [0.1, 0.15) is 37.7 Å². The second-order valence-corrected chi connectivity index (χ2v) is 11.5. The van der Waals surface area contributed by atoms with Crippen LogP contribution in [-0.4, -0.2) is 77.2 Å². The molecule has 10 heteroatoms. The Balaban J connectivity index is 1.30. The van der Waals surface area contributed by atoms with Crippen LogP contribution in [-0.2, 0) is 25.8 Å². The summed E-state index contributed by atoms with van der Waals surface area (Å²) in [5, 5.41) is 3.70. The van der Waals surface area contributed by atoms with E-state index < -0.39 is 27.8 Å². The van der Waals surface area contributed by atoms with Crippen molar-refractivity contribution in [3.8, 4) is 0 Å². The highest BCUT2D eigenvalue weighted by Gasteiger charge is 2.43. The summed E-state index contributed by atoms with van der Waals surface area (Å²) in [5.41, 5.74) is 1.87. The van der Waals surface area contributed by atoms with E-state index in [0.29, 0.717) is 12.8 Å². The number of rotatable bonds is 6. The number of fused-ring (bicyclic) bond motifs is 1. The molecule has 3 heterocycles. The number of hydrogen-bond donors (Lipinski definition) is 2. The van der Waals surface area contributed by atoms with E-state index in [1.54, 1.807) is 4.90 Å². The number of hydrogen-bond acceptors (Lipinski definition) is 5. The van der Waals surface area contributed by atoms with E-state index in [1.165, 1.54) is 0 Å². The zero-order valence-corrected chi connectivity index (χ0v) is 19.1. The van der Waals surface area contributed by atoms with Crippen LogP contribution in [0.5, 0.6) is 0 Å². The van der Waals surface area contributed by atoms with Crippen molar-refractivity contribution in [3.63, 3.8) is 0 Å². The van der Waals surface area contributed by atoms with Crippen LogP contribution < -0.4 is 5.32 Å². The first-order valence-corrected chi connectivity index (χ1v) is 13.3. The first-order chi connectivity index (χ1) is 15.8. The van der Waals surface area contributed by atoms with Crippen molar-refractivity contribution in [1.29, 1.82) is 0 Å². The van der Waals surface area contributed by atoms with Gasteiger partial charge in [0.1, 0.15) is 12.6 Å². The van der Waals surface area contributed by atoms with E-state index in [-0.39, 0.29) is 36.0 Å². The average Bonchev–Trinajstić information content (AvgIpc) is 3.56. The predicted molar refractivity (Wildman–Crippen MR) is 122 cm³/mol. The highest BCUT2D eigenvalue weighted by molar-refractivity contribution is 7.91. The van der Waals surface area contributed by atoms with Crippen LogP contribution in [0.3, 0.4) is 0 Å². The van der Waals surface area contributed by atoms with Crippen molar-refractivity contribution in [2.75, 3.05) is 18.1 Å². The van der Waals surface area contributed by atoms with Gasteiger partial charge in [-0.3, -0.25) is 14.5 Å². The monoisotopic (exact) mass is 472 g/mol. The van der Waals surface area contributed by atoms with Gasteiger partial charge in [-0.05, 0) is 30.9 Å². The zero-order valence-electron chi connectivity index (χ0n) is 18.3. The minimum atomic E-state index is -3.16. The maximum absolute atomic E-state index is 13.3. The van der Waals surface area contributed by atoms with Gasteiger partial charge in [0, 0.05) is 35.6 Å². The molecule has 2 aromatic rings. The van der Waals surface area contributed by atoms with Crippen molar-refractivity contribution < 1.29 is 22.8 Å². The van der Waals surface area contributed by atoms with Crippen LogP contribution in [0.25, 0.3) is 10.9 Å². The first kappa shape index (κ1) is 21.9. The molecule has 2 saturated heterocycles. The summed E-state index contributed by atoms with van der Waals surface area (Å²) in [6.07, 6.45) is 6.20. The molecule has 1 saturated carbocycles. The van der Waals surface area contributed by atoms with Crippen molar-refractivity contribution in [1.82, 2.24) is 20.1 Å². The number of urea groups is 1. The zero-order chi connectivity index (χ0) is 23.2. The number of H-pyrrole nitrogens is 1. The lowest BCUT2D eigenvalue weighted by Gasteiger charge is -2.34. The van der Waals surface area contributed by atoms with Crippen molar-refractivity contribution >= 4 is 38.6 Å². The summed E-state index contributed by atoms with van der Waals surface area (Å²) < 4.78 is 24.1. The number of nitrogens with zero attached hydrogens (tertiary/aromatic N) is 2. The number of amides is 4. The Labute approximate surface area is 192 Å². The van der Waals surface area contributed by atoms with E-state index in [2.05, 4.69) is 10.3 Å². The van der Waals surface area contributed by atoms with Crippen molar-refractivity contribution in [2.24, 2.45) is 0 Å². The van der Waals surface area contributed by atoms with Crippen LogP contribution in [0, 0.1) is 0 Å². The molecular weight excluding hydrogens is 444 g/mol. The van der Waals surface area contributed by atoms with Gasteiger partial charge in [-0.25, -0.2) is 13.2 Å². The average molecular weight is 473 g/mol. The minimum absolute atomic E-state index is 0.0291. The Kier molecular flexibility index (Phi) is 5.64. The Morgan fingerprint density at radius 1 is 1.09 bits per heavy atom. The van der Waals surface area contributed by atoms with Gasteiger partial charge >= 0.3 is 6.03 Å². The third-order valence-corrected chi connectivity index (χ3v) is 8.86. The van der Waals surface area contributed by atoms with Gasteiger partial charge in [0.15, 0.2) is 9.84 Å². The Morgan fingerprint density at radius 2 is 1.85 bits per heavy atom. The number of sulfone groups is 1. The SMILES string of the molecule is O=C1NC(Cc2c[nH]c3ccccc23)C(=O)N1CC(=O)N(C1CCCC1)C1CCS(=O)(=O)C1. The standard InChI is InChI=1S/C23H28N4O5S/c28-21(27(16-5-1-2-6-16)17-9-10-33(31,32)14-17)13-26-22(29)20(25-23(26)30)11-15-12-24-19-8-4-3-7-18(15)19/h3-4,7-8,12,16-17,20,24H,1-2,5-6,9-11,13-14H2,(H,25,30). The number of aromatic nitrogens is 1. The minimum Gasteiger partial charge on any atom is -0.361 e. The Morgan fingerprint density at radius 3 is 2.58 bits per heavy atom. The van der Waals surface area contributed by atoms with Gasteiger partial charge in [-0.2, -0.15) is 0 Å². The van der Waals surface area contributed by atoms with Gasteiger partial charge in [0.2, 0.25) is 5.91 Å². The molecule has 4 amide bonds. The number of nitrogens with one attached hydrogen (secondary N) is 2. The normalized spacial score (nSPS) is 25.2. The predicted octanol–water partition coefficient (Wildman–Crippen LogP) is 1.59. The van der Waals surface area contributed by atoms with Gasteiger partial charge in [0.25, 0.3) is 5.91 Å². The van der Waals surface area contributed by atoms with E-state index in [4.69, 9.17) is 0 Å². The molecule has 176 valence electrons. The molecule has 2 unspecified atom stereocenters. The molecule has 1 aliphatic carbocycles. The Hall–Kier alpha value is -2.88. The van der Waals surface area contributed by atoms with Crippen LogP contribution in [0.15, 0.2) is 30.5 Å². The fraction of sp³-hybridized carbons (Fsp3) is 0.522. The molecule has 0 spiro atoms. The lowest BCUT2D eigenvalue weighted by Crippen LogP contribution is -2.51. The Bertz CT molecular complexity index is 1200. The number of para-hydroxylation sites is 1. The van der Waals surface area contributed by atoms with Gasteiger partial charge in [0.05, 0.1) is 11.5 Å². The largest absolute Gasteiger partial charge is 0.361 e. The van der Waals surface area contributed by atoms with Crippen molar-refractivity contribution in [3.05, 3.63) is 36.0 Å². The molecule has 3 fully saturated rings. The fourth-order valence-corrected chi connectivity index (χ4v) is 7.20. The molecule has 0 bridgehead atoms. The van der Waals surface area contributed by atoms with E-state index >= 15 is 0 Å². The summed E-state index contributed by atoms with van der Waals surface area (Å²) in [5.74, 6) is -0.743. The molecule has 2 atom stereocenters. The molecule has 1 aromatic heterocycles. The number of imide groups is 1. The van der Waals surface area contributed by atoms with E-state index in [1.807, 2.05) is 30.5 Å². The summed E-state index contributed by atoms with van der Waals surface area (Å²) in [6, 6.07) is 6.01. The van der Waals surface area contributed by atoms with E-state index in [0.717, 1.165) is 47.0 Å². The summed E-state index contributed by atoms with van der Waals surface area (Å²) in [4.78, 5) is 44.8. The maximum atomic E-state index is 13.3. The van der Waals surface area contributed by atoms with Crippen molar-refractivity contribution in [2.45, 2.75) is 56.7 Å². The lowest BCUT2D eigenvalue weighted by molar-refractivity contribution is -0.140. The van der Waals surface area contributed by atoms with Crippen LogP contribution in [0.4, 0.5) is 4.79 Å². The summed E-state index contributed by atoms with van der Waals surface area (Å²) in [7, 11) is -3.16. The fourth-order valence-electron chi connectivity index (χ4n) is 5.48. The smallest absolute Gasteiger partial charge is 0.325 e. The summed E-state index contributed by atoms with van der Waals surface area (Å²) in [6.45, 7) is -0.359. The molecule has 3 aliphatic rings. The first-order valence-electron chi connectivity index (χ1n) is 11.5. The molecular formula is C23H28N4O5S. The van der Waals surface area contributed by atoms with Crippen LogP contribution >= 0.6 is 0 Å².